The first-order valence-electron chi connectivity index (χ1n) is 6.76. The maximum Gasteiger partial charge on any atom is 0.0478 e. The van der Waals surface area contributed by atoms with Gasteiger partial charge < -0.3 is 4.74 Å². The van der Waals surface area contributed by atoms with Crippen molar-refractivity contribution >= 4 is 15.9 Å². The number of rotatable bonds is 8. The van der Waals surface area contributed by atoms with E-state index in [0.717, 1.165) is 24.6 Å². The summed E-state index contributed by atoms with van der Waals surface area (Å²) in [6.07, 6.45) is 8.28. The minimum atomic E-state index is 0.841. The van der Waals surface area contributed by atoms with E-state index in [1.54, 1.807) is 0 Å². The van der Waals surface area contributed by atoms with Gasteiger partial charge in [-0.05, 0) is 26.2 Å². The first-order valence-corrected chi connectivity index (χ1v) is 7.88. The fourth-order valence-corrected chi connectivity index (χ4v) is 3.00. The maximum absolute atomic E-state index is 5.41. The molecule has 0 bridgehead atoms. The van der Waals surface area contributed by atoms with Gasteiger partial charge in [-0.3, -0.25) is 4.90 Å². The van der Waals surface area contributed by atoms with E-state index < -0.39 is 0 Å². The zero-order valence-corrected chi connectivity index (χ0v) is 12.2. The van der Waals surface area contributed by atoms with Crippen LogP contribution in [-0.4, -0.2) is 42.6 Å². The minimum Gasteiger partial charge on any atom is -0.382 e. The van der Waals surface area contributed by atoms with E-state index >= 15 is 0 Å². The summed E-state index contributed by atoms with van der Waals surface area (Å²) in [5, 5.41) is 1.10. The Morgan fingerprint density at radius 1 is 1.19 bits per heavy atom. The van der Waals surface area contributed by atoms with Crippen LogP contribution < -0.4 is 0 Å². The molecule has 0 aliphatic heterocycles. The average molecular weight is 292 g/mol. The summed E-state index contributed by atoms with van der Waals surface area (Å²) in [4.78, 5) is 2.66. The summed E-state index contributed by atoms with van der Waals surface area (Å²) >= 11 is 3.57. The molecule has 0 aromatic carbocycles. The second-order valence-corrected chi connectivity index (χ2v) is 5.36. The Hall–Kier alpha value is 0.400. The fourth-order valence-electron chi connectivity index (χ4n) is 2.55. The highest BCUT2D eigenvalue weighted by molar-refractivity contribution is 9.09. The molecule has 96 valence electrons. The van der Waals surface area contributed by atoms with Gasteiger partial charge in [0.2, 0.25) is 0 Å². The van der Waals surface area contributed by atoms with Gasteiger partial charge in [0, 0.05) is 37.7 Å². The second-order valence-electron chi connectivity index (χ2n) is 4.57. The van der Waals surface area contributed by atoms with Gasteiger partial charge >= 0.3 is 0 Å². The molecule has 0 aromatic rings. The van der Waals surface area contributed by atoms with E-state index in [1.807, 2.05) is 0 Å². The molecule has 0 amide bonds. The van der Waals surface area contributed by atoms with Crippen LogP contribution in [0.4, 0.5) is 0 Å². The van der Waals surface area contributed by atoms with Crippen LogP contribution in [0.1, 0.15) is 45.4 Å². The summed E-state index contributed by atoms with van der Waals surface area (Å²) in [6.45, 7) is 6.23. The molecule has 1 fully saturated rings. The van der Waals surface area contributed by atoms with Gasteiger partial charge in [-0.15, -0.1) is 0 Å². The van der Waals surface area contributed by atoms with Gasteiger partial charge in [0.15, 0.2) is 0 Å². The van der Waals surface area contributed by atoms with E-state index in [9.17, 15) is 0 Å². The van der Waals surface area contributed by atoms with E-state index in [-0.39, 0.29) is 0 Å². The van der Waals surface area contributed by atoms with Crippen LogP contribution >= 0.6 is 15.9 Å². The molecule has 1 aliphatic carbocycles. The lowest BCUT2D eigenvalue weighted by molar-refractivity contribution is 0.113. The molecule has 0 spiro atoms. The van der Waals surface area contributed by atoms with E-state index in [2.05, 4.69) is 27.8 Å². The van der Waals surface area contributed by atoms with Crippen molar-refractivity contribution in [2.75, 3.05) is 31.6 Å². The molecule has 0 radical (unpaired) electrons. The van der Waals surface area contributed by atoms with Gasteiger partial charge in [-0.1, -0.05) is 35.2 Å². The topological polar surface area (TPSA) is 12.5 Å². The van der Waals surface area contributed by atoms with Crippen LogP contribution in [0, 0.1) is 0 Å². The predicted octanol–water partition coefficient (Wildman–Crippen LogP) is 3.44. The highest BCUT2D eigenvalue weighted by atomic mass is 79.9. The summed E-state index contributed by atoms with van der Waals surface area (Å²) < 4.78 is 5.41. The Kier molecular flexibility index (Phi) is 8.52. The molecule has 0 unspecified atom stereocenters. The molecule has 1 aliphatic rings. The van der Waals surface area contributed by atoms with Gasteiger partial charge in [0.25, 0.3) is 0 Å². The Labute approximate surface area is 109 Å². The third-order valence-corrected chi connectivity index (χ3v) is 3.76. The van der Waals surface area contributed by atoms with Crippen LogP contribution in [0.25, 0.3) is 0 Å². The number of nitrogens with zero attached hydrogens (tertiary/aromatic N) is 1. The van der Waals surface area contributed by atoms with Gasteiger partial charge in [0.05, 0.1) is 0 Å². The van der Waals surface area contributed by atoms with Crippen molar-refractivity contribution in [3.05, 3.63) is 0 Å². The molecule has 1 saturated carbocycles. The number of ether oxygens (including phenoxy) is 1. The minimum absolute atomic E-state index is 0.841. The standard InChI is InChI=1S/C13H26BrNO/c1-2-16-12-6-10-15(11-9-14)13-7-4-3-5-8-13/h13H,2-12H2,1H3. The van der Waals surface area contributed by atoms with Crippen molar-refractivity contribution < 1.29 is 4.74 Å². The van der Waals surface area contributed by atoms with Crippen molar-refractivity contribution in [2.45, 2.75) is 51.5 Å². The van der Waals surface area contributed by atoms with E-state index in [0.29, 0.717) is 0 Å². The molecular formula is C13H26BrNO. The quantitative estimate of drug-likeness (QED) is 0.502. The lowest BCUT2D eigenvalue weighted by Gasteiger charge is -2.34. The van der Waals surface area contributed by atoms with Gasteiger partial charge in [-0.25, -0.2) is 0 Å². The van der Waals surface area contributed by atoms with Crippen molar-refractivity contribution in [3.63, 3.8) is 0 Å². The zero-order valence-electron chi connectivity index (χ0n) is 10.6. The lowest BCUT2D eigenvalue weighted by atomic mass is 9.94. The predicted molar refractivity (Wildman–Crippen MR) is 73.4 cm³/mol. The summed E-state index contributed by atoms with van der Waals surface area (Å²) in [7, 11) is 0. The van der Waals surface area contributed by atoms with Crippen LogP contribution in [0.3, 0.4) is 0 Å². The molecule has 16 heavy (non-hydrogen) atoms. The fraction of sp³-hybridized carbons (Fsp3) is 1.00. The van der Waals surface area contributed by atoms with E-state index in [4.69, 9.17) is 4.74 Å². The van der Waals surface area contributed by atoms with Crippen molar-refractivity contribution in [1.82, 2.24) is 4.90 Å². The van der Waals surface area contributed by atoms with E-state index in [1.165, 1.54) is 51.6 Å². The Morgan fingerprint density at radius 3 is 2.56 bits per heavy atom. The molecule has 0 heterocycles. The first-order chi connectivity index (χ1) is 7.88. The van der Waals surface area contributed by atoms with Crippen molar-refractivity contribution in [1.29, 1.82) is 0 Å². The summed E-state index contributed by atoms with van der Waals surface area (Å²) in [6, 6.07) is 0.841. The van der Waals surface area contributed by atoms with Crippen molar-refractivity contribution in [3.8, 4) is 0 Å². The average Bonchev–Trinajstić information content (AvgIpc) is 2.34. The summed E-state index contributed by atoms with van der Waals surface area (Å²) in [5.41, 5.74) is 0. The second kappa shape index (κ2) is 9.43. The molecule has 3 heteroatoms. The number of hydrogen-bond acceptors (Lipinski definition) is 2. The normalized spacial score (nSPS) is 18.2. The monoisotopic (exact) mass is 291 g/mol. The van der Waals surface area contributed by atoms with Crippen LogP contribution in [0.2, 0.25) is 0 Å². The molecule has 0 aromatic heterocycles. The Bertz CT molecular complexity index is 160. The Morgan fingerprint density at radius 2 is 1.94 bits per heavy atom. The third kappa shape index (κ3) is 5.65. The molecule has 0 N–H and O–H groups in total. The number of alkyl halides is 1. The zero-order chi connectivity index (χ0) is 11.6. The van der Waals surface area contributed by atoms with Gasteiger partial charge in [0.1, 0.15) is 0 Å². The van der Waals surface area contributed by atoms with Gasteiger partial charge in [-0.2, -0.15) is 0 Å². The molecule has 2 nitrogen and oxygen atoms in total. The molecule has 0 saturated heterocycles. The number of hydrogen-bond donors (Lipinski definition) is 0. The maximum atomic E-state index is 5.41. The molecule has 1 rings (SSSR count). The first kappa shape index (κ1) is 14.5. The van der Waals surface area contributed by atoms with Crippen molar-refractivity contribution in [2.24, 2.45) is 0 Å². The largest absolute Gasteiger partial charge is 0.382 e. The third-order valence-electron chi connectivity index (χ3n) is 3.40. The SMILES string of the molecule is CCOCCCN(CCBr)C1CCCCC1. The van der Waals surface area contributed by atoms with Crippen LogP contribution in [-0.2, 0) is 4.74 Å². The highest BCUT2D eigenvalue weighted by Gasteiger charge is 2.19. The molecular weight excluding hydrogens is 266 g/mol. The smallest absolute Gasteiger partial charge is 0.0478 e. The Balaban J connectivity index is 2.22. The molecule has 0 atom stereocenters. The van der Waals surface area contributed by atoms with Crippen LogP contribution in [0.15, 0.2) is 0 Å². The lowest BCUT2D eigenvalue weighted by Crippen LogP contribution is -2.39. The van der Waals surface area contributed by atoms with Crippen LogP contribution in [0.5, 0.6) is 0 Å². The number of halogens is 1. The highest BCUT2D eigenvalue weighted by Crippen LogP contribution is 2.22. The summed E-state index contributed by atoms with van der Waals surface area (Å²) in [5.74, 6) is 0.